The van der Waals surface area contributed by atoms with Crippen LogP contribution in [0.15, 0.2) is 6.20 Å². The number of piperidine rings is 1. The highest BCUT2D eigenvalue weighted by Crippen LogP contribution is 2.35. The average molecular weight is 278 g/mol. The fourth-order valence-electron chi connectivity index (χ4n) is 3.33. The summed E-state index contributed by atoms with van der Waals surface area (Å²) in [7, 11) is 0. The summed E-state index contributed by atoms with van der Waals surface area (Å²) in [5.74, 6) is -0.000698. The van der Waals surface area contributed by atoms with Gasteiger partial charge in [-0.3, -0.25) is 9.48 Å². The number of hydrogen-bond donors (Lipinski definition) is 2. The van der Waals surface area contributed by atoms with Gasteiger partial charge in [0, 0.05) is 31.6 Å². The summed E-state index contributed by atoms with van der Waals surface area (Å²) in [6, 6.07) is 0. The number of carbonyl (C=O) groups excluding carboxylic acids is 1. The van der Waals surface area contributed by atoms with Gasteiger partial charge in [-0.15, -0.1) is 5.10 Å². The average Bonchev–Trinajstić information content (AvgIpc) is 3.09. The molecule has 3 rings (SSSR count). The monoisotopic (exact) mass is 278 g/mol. The molecular weight excluding hydrogens is 256 g/mol. The van der Waals surface area contributed by atoms with E-state index in [0.717, 1.165) is 39.0 Å². The molecule has 2 aliphatic rings. The normalized spacial score (nSPS) is 26.4. The zero-order chi connectivity index (χ0) is 14.0. The minimum absolute atomic E-state index is 0.000698. The molecule has 1 amide bonds. The van der Waals surface area contributed by atoms with Gasteiger partial charge in [0.1, 0.15) is 0 Å². The molecule has 0 bridgehead atoms. The molecule has 1 spiro atoms. The van der Waals surface area contributed by atoms with Crippen LogP contribution in [0.2, 0.25) is 0 Å². The highest BCUT2D eigenvalue weighted by atomic mass is 16.2. The second-order valence-electron chi connectivity index (χ2n) is 5.91. The number of nitrogens with one attached hydrogen (secondary N) is 1. The topological polar surface area (TPSA) is 89.1 Å². The Hall–Kier alpha value is -1.47. The first-order chi connectivity index (χ1) is 9.72. The highest BCUT2D eigenvalue weighted by molar-refractivity contribution is 5.92. The summed E-state index contributed by atoms with van der Waals surface area (Å²) in [6.07, 6.45) is 5.15. The van der Waals surface area contributed by atoms with E-state index in [1.54, 1.807) is 10.9 Å². The Morgan fingerprint density at radius 3 is 3.15 bits per heavy atom. The number of nitrogens with two attached hydrogens (primary N) is 1. The van der Waals surface area contributed by atoms with Crippen molar-refractivity contribution in [2.45, 2.75) is 25.8 Å². The van der Waals surface area contributed by atoms with E-state index in [4.69, 9.17) is 5.73 Å². The van der Waals surface area contributed by atoms with Gasteiger partial charge in [0.2, 0.25) is 0 Å². The molecule has 0 unspecified atom stereocenters. The standard InChI is InChI=1S/C13H22N6O/c14-4-7-19-8-11(16-17-19)12(20)18-6-1-2-13(10-18)3-5-15-9-13/h8,15H,1-7,9-10,14H2/t13-/m0/s1. The Balaban J connectivity index is 1.69. The van der Waals surface area contributed by atoms with Crippen LogP contribution in [0.5, 0.6) is 0 Å². The van der Waals surface area contributed by atoms with Crippen LogP contribution in [0.4, 0.5) is 0 Å². The number of aromatic nitrogens is 3. The fraction of sp³-hybridized carbons (Fsp3) is 0.769. The minimum Gasteiger partial charge on any atom is -0.337 e. The third kappa shape index (κ3) is 2.55. The summed E-state index contributed by atoms with van der Waals surface area (Å²) in [5.41, 5.74) is 6.19. The molecule has 1 aromatic rings. The molecule has 7 nitrogen and oxygen atoms in total. The predicted molar refractivity (Wildman–Crippen MR) is 74.1 cm³/mol. The molecule has 110 valence electrons. The first-order valence-electron chi connectivity index (χ1n) is 7.33. The summed E-state index contributed by atoms with van der Waals surface area (Å²) in [6.45, 7) is 4.84. The molecule has 2 aliphatic heterocycles. The van der Waals surface area contributed by atoms with E-state index in [1.807, 2.05) is 4.90 Å². The van der Waals surface area contributed by atoms with Crippen LogP contribution in [-0.4, -0.2) is 58.5 Å². The molecule has 3 N–H and O–H groups in total. The van der Waals surface area contributed by atoms with Crippen molar-refractivity contribution in [3.8, 4) is 0 Å². The lowest BCUT2D eigenvalue weighted by molar-refractivity contribution is 0.0547. The zero-order valence-corrected chi connectivity index (χ0v) is 11.7. The van der Waals surface area contributed by atoms with E-state index < -0.39 is 0 Å². The number of rotatable bonds is 3. The van der Waals surface area contributed by atoms with Crippen molar-refractivity contribution in [3.63, 3.8) is 0 Å². The maximum absolute atomic E-state index is 12.5. The summed E-state index contributed by atoms with van der Waals surface area (Å²) < 4.78 is 1.63. The molecular formula is C13H22N6O. The van der Waals surface area contributed by atoms with Crippen molar-refractivity contribution >= 4 is 5.91 Å². The molecule has 1 atom stereocenters. The van der Waals surface area contributed by atoms with Crippen molar-refractivity contribution in [1.82, 2.24) is 25.2 Å². The lowest BCUT2D eigenvalue weighted by Gasteiger charge is -2.39. The largest absolute Gasteiger partial charge is 0.337 e. The number of likely N-dealkylation sites (tertiary alicyclic amines) is 1. The molecule has 7 heteroatoms. The maximum atomic E-state index is 12.5. The molecule has 0 aliphatic carbocycles. The zero-order valence-electron chi connectivity index (χ0n) is 11.7. The number of nitrogens with zero attached hydrogens (tertiary/aromatic N) is 4. The fourth-order valence-corrected chi connectivity index (χ4v) is 3.33. The van der Waals surface area contributed by atoms with Gasteiger partial charge in [-0.1, -0.05) is 5.21 Å². The van der Waals surface area contributed by atoms with Gasteiger partial charge in [0.15, 0.2) is 5.69 Å². The molecule has 3 heterocycles. The first-order valence-corrected chi connectivity index (χ1v) is 7.33. The third-order valence-corrected chi connectivity index (χ3v) is 4.40. The molecule has 0 aromatic carbocycles. The van der Waals surface area contributed by atoms with Gasteiger partial charge in [-0.25, -0.2) is 0 Å². The van der Waals surface area contributed by atoms with E-state index >= 15 is 0 Å². The highest BCUT2D eigenvalue weighted by Gasteiger charge is 2.39. The Morgan fingerprint density at radius 1 is 1.50 bits per heavy atom. The molecule has 0 radical (unpaired) electrons. The minimum atomic E-state index is -0.000698. The molecule has 0 saturated carbocycles. The quantitative estimate of drug-likeness (QED) is 0.774. The lowest BCUT2D eigenvalue weighted by atomic mass is 9.79. The Morgan fingerprint density at radius 2 is 2.40 bits per heavy atom. The summed E-state index contributed by atoms with van der Waals surface area (Å²) in [4.78, 5) is 14.5. The second kappa shape index (κ2) is 5.49. The van der Waals surface area contributed by atoms with Crippen LogP contribution < -0.4 is 11.1 Å². The van der Waals surface area contributed by atoms with Crippen LogP contribution in [0, 0.1) is 5.41 Å². The SMILES string of the molecule is NCCn1cc(C(=O)N2CCC[C@@]3(CCNC3)C2)nn1. The van der Waals surface area contributed by atoms with Crippen LogP contribution in [0.1, 0.15) is 29.8 Å². The lowest BCUT2D eigenvalue weighted by Crippen LogP contribution is -2.47. The Bertz CT molecular complexity index is 479. The molecule has 1 aromatic heterocycles. The van der Waals surface area contributed by atoms with E-state index in [2.05, 4.69) is 15.6 Å². The van der Waals surface area contributed by atoms with E-state index in [9.17, 15) is 4.79 Å². The van der Waals surface area contributed by atoms with E-state index in [1.165, 1.54) is 6.42 Å². The van der Waals surface area contributed by atoms with Crippen LogP contribution in [0.3, 0.4) is 0 Å². The van der Waals surface area contributed by atoms with Gasteiger partial charge in [-0.05, 0) is 25.8 Å². The van der Waals surface area contributed by atoms with E-state index in [-0.39, 0.29) is 11.3 Å². The van der Waals surface area contributed by atoms with Crippen molar-refractivity contribution in [2.75, 3.05) is 32.7 Å². The van der Waals surface area contributed by atoms with Crippen molar-refractivity contribution in [1.29, 1.82) is 0 Å². The first kappa shape index (κ1) is 13.5. The summed E-state index contributed by atoms with van der Waals surface area (Å²) >= 11 is 0. The predicted octanol–water partition coefficient (Wildman–Crippen LogP) is -0.547. The molecule has 2 fully saturated rings. The Labute approximate surface area is 118 Å². The van der Waals surface area contributed by atoms with Gasteiger partial charge in [-0.2, -0.15) is 0 Å². The Kier molecular flexibility index (Phi) is 3.71. The van der Waals surface area contributed by atoms with Gasteiger partial charge < -0.3 is 16.0 Å². The van der Waals surface area contributed by atoms with Crippen LogP contribution in [-0.2, 0) is 6.54 Å². The van der Waals surface area contributed by atoms with Crippen molar-refractivity contribution in [2.24, 2.45) is 11.1 Å². The smallest absolute Gasteiger partial charge is 0.276 e. The number of hydrogen-bond acceptors (Lipinski definition) is 5. The molecule has 20 heavy (non-hydrogen) atoms. The van der Waals surface area contributed by atoms with Crippen molar-refractivity contribution in [3.05, 3.63) is 11.9 Å². The third-order valence-electron chi connectivity index (χ3n) is 4.40. The maximum Gasteiger partial charge on any atom is 0.276 e. The molecule has 2 saturated heterocycles. The van der Waals surface area contributed by atoms with Gasteiger partial charge in [0.05, 0.1) is 12.7 Å². The van der Waals surface area contributed by atoms with E-state index in [0.29, 0.717) is 18.8 Å². The number of carbonyl (C=O) groups is 1. The second-order valence-corrected chi connectivity index (χ2v) is 5.91. The van der Waals surface area contributed by atoms with Gasteiger partial charge in [0.25, 0.3) is 5.91 Å². The van der Waals surface area contributed by atoms with Crippen LogP contribution >= 0.6 is 0 Å². The number of amides is 1. The van der Waals surface area contributed by atoms with Crippen molar-refractivity contribution < 1.29 is 4.79 Å². The van der Waals surface area contributed by atoms with Gasteiger partial charge >= 0.3 is 0 Å². The summed E-state index contributed by atoms with van der Waals surface area (Å²) in [5, 5.41) is 11.3. The van der Waals surface area contributed by atoms with Crippen LogP contribution in [0.25, 0.3) is 0 Å².